The van der Waals surface area contributed by atoms with E-state index in [1.54, 1.807) is 24.4 Å². The van der Waals surface area contributed by atoms with Crippen molar-refractivity contribution in [3.8, 4) is 17.2 Å². The van der Waals surface area contributed by atoms with Gasteiger partial charge in [-0.25, -0.2) is 12.8 Å². The van der Waals surface area contributed by atoms with Gasteiger partial charge in [-0.05, 0) is 29.8 Å². The molecule has 0 radical (unpaired) electrons. The molecule has 8 heteroatoms. The molecule has 0 amide bonds. The van der Waals surface area contributed by atoms with Crippen molar-refractivity contribution < 1.29 is 12.8 Å². The van der Waals surface area contributed by atoms with Crippen LogP contribution in [0.15, 0.2) is 65.7 Å². The summed E-state index contributed by atoms with van der Waals surface area (Å²) in [6, 6.07) is 15.4. The first kappa shape index (κ1) is 16.7. The second kappa shape index (κ2) is 6.75. The number of hydrogen-bond donors (Lipinski definition) is 1. The predicted octanol–water partition coefficient (Wildman–Crippen LogP) is 3.01. The van der Waals surface area contributed by atoms with Crippen LogP contribution in [0.4, 0.5) is 10.2 Å². The Hall–Kier alpha value is -3.18. The van der Waals surface area contributed by atoms with E-state index in [0.29, 0.717) is 11.1 Å². The molecule has 0 aliphatic rings. The van der Waals surface area contributed by atoms with Crippen molar-refractivity contribution in [2.75, 3.05) is 4.72 Å². The lowest BCUT2D eigenvalue weighted by atomic mass is 10.1. The summed E-state index contributed by atoms with van der Waals surface area (Å²) in [7, 11) is -3.84. The third-order valence-electron chi connectivity index (χ3n) is 3.43. The van der Waals surface area contributed by atoms with E-state index < -0.39 is 15.8 Å². The van der Waals surface area contributed by atoms with Crippen molar-refractivity contribution in [2.24, 2.45) is 0 Å². The Morgan fingerprint density at radius 2 is 1.80 bits per heavy atom. The molecule has 0 saturated carbocycles. The lowest BCUT2D eigenvalue weighted by molar-refractivity contribution is 0.600. The second-order valence-corrected chi connectivity index (χ2v) is 6.85. The number of nitrogens with zero attached hydrogens (tertiary/aromatic N) is 3. The number of sulfonamides is 1. The molecular formula is C17H13FN4O2S. The van der Waals surface area contributed by atoms with E-state index in [1.807, 2.05) is 6.07 Å². The number of nitriles is 1. The molecule has 0 aliphatic carbocycles. The standard InChI is InChI=1S/C17H13FN4O2S/c18-14-8-6-13(7-9-14)16-12-22(11-10-19)20-17(16)21-25(23,24)15-4-2-1-3-5-15/h1-9,12H,11H2,(H,20,21). The summed E-state index contributed by atoms with van der Waals surface area (Å²) < 4.78 is 41.9. The van der Waals surface area contributed by atoms with Crippen molar-refractivity contribution in [3.63, 3.8) is 0 Å². The Morgan fingerprint density at radius 3 is 2.44 bits per heavy atom. The van der Waals surface area contributed by atoms with Crippen LogP contribution >= 0.6 is 0 Å². The molecule has 1 aromatic heterocycles. The van der Waals surface area contributed by atoms with Gasteiger partial charge in [-0.1, -0.05) is 30.3 Å². The van der Waals surface area contributed by atoms with Crippen LogP contribution < -0.4 is 4.72 Å². The molecule has 0 bridgehead atoms. The summed E-state index contributed by atoms with van der Waals surface area (Å²) >= 11 is 0. The topological polar surface area (TPSA) is 87.8 Å². The number of anilines is 1. The number of hydrogen-bond acceptors (Lipinski definition) is 4. The molecule has 126 valence electrons. The fourth-order valence-electron chi connectivity index (χ4n) is 2.28. The van der Waals surface area contributed by atoms with Crippen LogP contribution in [-0.4, -0.2) is 18.2 Å². The molecule has 0 fully saturated rings. The van der Waals surface area contributed by atoms with Crippen molar-refractivity contribution in [3.05, 3.63) is 66.6 Å². The van der Waals surface area contributed by atoms with Gasteiger partial charge < -0.3 is 0 Å². The first-order valence-corrected chi connectivity index (χ1v) is 8.76. The third kappa shape index (κ3) is 3.67. The second-order valence-electron chi connectivity index (χ2n) is 5.17. The van der Waals surface area contributed by atoms with Gasteiger partial charge in [0.2, 0.25) is 0 Å². The van der Waals surface area contributed by atoms with Gasteiger partial charge in [-0.2, -0.15) is 10.4 Å². The van der Waals surface area contributed by atoms with Crippen molar-refractivity contribution in [2.45, 2.75) is 11.4 Å². The Labute approximate surface area is 144 Å². The molecule has 2 aromatic carbocycles. The van der Waals surface area contributed by atoms with E-state index >= 15 is 0 Å². The van der Waals surface area contributed by atoms with Gasteiger partial charge in [0.15, 0.2) is 5.82 Å². The van der Waals surface area contributed by atoms with E-state index in [1.165, 1.54) is 41.1 Å². The molecule has 0 spiro atoms. The first-order chi connectivity index (χ1) is 12.0. The van der Waals surface area contributed by atoms with Gasteiger partial charge in [-0.15, -0.1) is 0 Å². The highest BCUT2D eigenvalue weighted by Crippen LogP contribution is 2.29. The average Bonchev–Trinajstić information content (AvgIpc) is 2.98. The minimum Gasteiger partial charge on any atom is -0.261 e. The molecular weight excluding hydrogens is 343 g/mol. The van der Waals surface area contributed by atoms with Crippen molar-refractivity contribution >= 4 is 15.8 Å². The fourth-order valence-corrected chi connectivity index (χ4v) is 3.32. The molecule has 3 aromatic rings. The van der Waals surface area contributed by atoms with E-state index in [0.717, 1.165) is 0 Å². The van der Waals surface area contributed by atoms with Crippen LogP contribution in [0.1, 0.15) is 0 Å². The summed E-state index contributed by atoms with van der Waals surface area (Å²) in [6.07, 6.45) is 1.54. The fraction of sp³-hybridized carbons (Fsp3) is 0.0588. The van der Waals surface area contributed by atoms with Crippen molar-refractivity contribution in [1.29, 1.82) is 5.26 Å². The Bertz CT molecular complexity index is 1020. The maximum absolute atomic E-state index is 13.1. The lowest BCUT2D eigenvalue weighted by Gasteiger charge is -2.07. The average molecular weight is 356 g/mol. The summed E-state index contributed by atoms with van der Waals surface area (Å²) in [5.74, 6) is -0.328. The lowest BCUT2D eigenvalue weighted by Crippen LogP contribution is -2.14. The van der Waals surface area contributed by atoms with Crippen molar-refractivity contribution in [1.82, 2.24) is 9.78 Å². The zero-order valence-electron chi connectivity index (χ0n) is 12.9. The molecule has 1 heterocycles. The van der Waals surface area contributed by atoms with Gasteiger partial charge in [0.1, 0.15) is 12.4 Å². The van der Waals surface area contributed by atoms with Crippen LogP contribution in [0, 0.1) is 17.1 Å². The van der Waals surface area contributed by atoms with E-state index in [2.05, 4.69) is 9.82 Å². The smallest absolute Gasteiger partial charge is 0.261 e. The molecule has 0 saturated heterocycles. The van der Waals surface area contributed by atoms with Crippen LogP contribution in [0.3, 0.4) is 0 Å². The Morgan fingerprint density at radius 1 is 1.12 bits per heavy atom. The minimum absolute atomic E-state index is 0.0404. The van der Waals surface area contributed by atoms with E-state index in [9.17, 15) is 12.8 Å². The maximum atomic E-state index is 13.1. The van der Waals surface area contributed by atoms with Gasteiger partial charge in [0.25, 0.3) is 10.0 Å². The van der Waals surface area contributed by atoms with Gasteiger partial charge in [0.05, 0.1) is 11.0 Å². The first-order valence-electron chi connectivity index (χ1n) is 7.28. The zero-order chi connectivity index (χ0) is 17.9. The monoisotopic (exact) mass is 356 g/mol. The highest BCUT2D eigenvalue weighted by molar-refractivity contribution is 7.92. The SMILES string of the molecule is N#CCn1cc(-c2ccc(F)cc2)c(NS(=O)(=O)c2ccccc2)n1. The van der Waals surface area contributed by atoms with Crippen LogP contribution in [0.25, 0.3) is 11.1 Å². The Balaban J connectivity index is 2.03. The van der Waals surface area contributed by atoms with Crippen LogP contribution in [0.2, 0.25) is 0 Å². The predicted molar refractivity (Wildman–Crippen MR) is 90.5 cm³/mol. The van der Waals surface area contributed by atoms with E-state index in [-0.39, 0.29) is 17.3 Å². The summed E-state index contributed by atoms with van der Waals surface area (Å²) in [5.41, 5.74) is 1.03. The summed E-state index contributed by atoms with van der Waals surface area (Å²) in [4.78, 5) is 0.0925. The van der Waals surface area contributed by atoms with Crippen LogP contribution in [0.5, 0.6) is 0 Å². The third-order valence-corrected chi connectivity index (χ3v) is 4.79. The number of aromatic nitrogens is 2. The quantitative estimate of drug-likeness (QED) is 0.761. The van der Waals surface area contributed by atoms with Gasteiger partial charge in [0, 0.05) is 11.8 Å². The Kier molecular flexibility index (Phi) is 4.50. The molecule has 6 nitrogen and oxygen atoms in total. The number of benzene rings is 2. The maximum Gasteiger partial charge on any atom is 0.263 e. The largest absolute Gasteiger partial charge is 0.263 e. The summed E-state index contributed by atoms with van der Waals surface area (Å²) in [5, 5.41) is 13.0. The van der Waals surface area contributed by atoms with Crippen LogP contribution in [-0.2, 0) is 16.6 Å². The zero-order valence-corrected chi connectivity index (χ0v) is 13.7. The molecule has 25 heavy (non-hydrogen) atoms. The van der Waals surface area contributed by atoms with E-state index in [4.69, 9.17) is 5.26 Å². The number of rotatable bonds is 5. The minimum atomic E-state index is -3.84. The normalized spacial score (nSPS) is 11.0. The molecule has 1 N–H and O–H groups in total. The molecule has 3 rings (SSSR count). The summed E-state index contributed by atoms with van der Waals surface area (Å²) in [6.45, 7) is -0.0404. The molecule has 0 unspecified atom stereocenters. The van der Waals surface area contributed by atoms with Gasteiger partial charge >= 0.3 is 0 Å². The highest BCUT2D eigenvalue weighted by Gasteiger charge is 2.19. The number of nitrogens with one attached hydrogen (secondary N) is 1. The highest BCUT2D eigenvalue weighted by atomic mass is 32.2. The molecule has 0 aliphatic heterocycles. The molecule has 0 atom stereocenters. The number of halogens is 1. The van der Waals surface area contributed by atoms with Gasteiger partial charge in [-0.3, -0.25) is 9.40 Å².